The first-order valence-corrected chi connectivity index (χ1v) is 10.2. The predicted octanol–water partition coefficient (Wildman–Crippen LogP) is 3.30. The van der Waals surface area contributed by atoms with E-state index in [0.717, 1.165) is 0 Å². The summed E-state index contributed by atoms with van der Waals surface area (Å²) in [4.78, 5) is 24.3. The Morgan fingerprint density at radius 2 is 1.66 bits per heavy atom. The van der Waals surface area contributed by atoms with E-state index < -0.39 is 39.6 Å². The fourth-order valence-electron chi connectivity index (χ4n) is 2.70. The molecule has 1 atom stereocenters. The molecule has 0 aromatic heterocycles. The highest BCUT2D eigenvalue weighted by Gasteiger charge is 2.33. The fourth-order valence-corrected chi connectivity index (χ4v) is 3.05. The molecule has 0 bridgehead atoms. The predicted molar refractivity (Wildman–Crippen MR) is 104 cm³/mol. The lowest BCUT2D eigenvalue weighted by molar-refractivity contribution is -0.151. The Morgan fingerprint density at radius 3 is 2.10 bits per heavy atom. The molecule has 0 saturated carbocycles. The molecule has 1 amide bonds. The lowest BCUT2D eigenvalue weighted by Crippen LogP contribution is -2.44. The van der Waals surface area contributed by atoms with Crippen LogP contribution in [0.15, 0.2) is 24.3 Å². The van der Waals surface area contributed by atoms with Crippen LogP contribution in [0.25, 0.3) is 0 Å². The summed E-state index contributed by atoms with van der Waals surface area (Å²) >= 11 is 0. The molecular weight excluding hydrogens is 405 g/mol. The molecule has 0 aliphatic carbocycles. The standard InChI is InChI=1S/C19H28FNO7S/c1-18(2,3)27-17(23)21-14(12-19(4,5)16(22)26-6)11-13-7-9-15(10-8-13)28-29(20,24)25/h7-10,14H,11-12H2,1-6H3,(H,21,23)/t14-/m0/s1. The summed E-state index contributed by atoms with van der Waals surface area (Å²) in [5.41, 5.74) is -0.862. The van der Waals surface area contributed by atoms with E-state index in [9.17, 15) is 21.9 Å². The average molecular weight is 433 g/mol. The largest absolute Gasteiger partial charge is 0.488 e. The van der Waals surface area contributed by atoms with Crippen molar-refractivity contribution in [2.45, 2.75) is 59.1 Å². The van der Waals surface area contributed by atoms with E-state index in [2.05, 4.69) is 9.50 Å². The summed E-state index contributed by atoms with van der Waals surface area (Å²) in [7, 11) is -3.82. The van der Waals surface area contributed by atoms with Crippen LogP contribution in [0.2, 0.25) is 0 Å². The van der Waals surface area contributed by atoms with Gasteiger partial charge in [0.25, 0.3) is 0 Å². The first kappa shape index (κ1) is 24.7. The molecule has 0 aliphatic heterocycles. The molecule has 8 nitrogen and oxygen atoms in total. The van der Waals surface area contributed by atoms with Gasteiger partial charge in [0.15, 0.2) is 0 Å². The second-order valence-corrected chi connectivity index (χ2v) is 9.20. The van der Waals surface area contributed by atoms with E-state index in [1.807, 2.05) is 0 Å². The second kappa shape index (κ2) is 9.43. The van der Waals surface area contributed by atoms with Gasteiger partial charge in [-0.1, -0.05) is 16.0 Å². The van der Waals surface area contributed by atoms with Crippen molar-refractivity contribution >= 4 is 22.6 Å². The van der Waals surface area contributed by atoms with E-state index in [0.29, 0.717) is 12.0 Å². The summed E-state index contributed by atoms with van der Waals surface area (Å²) in [6, 6.07) is 5.17. The molecule has 0 heterocycles. The SMILES string of the molecule is COC(=O)C(C)(C)C[C@H](Cc1ccc(OS(=O)(=O)F)cc1)NC(=O)OC(C)(C)C. The number of alkyl carbamates (subject to hydrolysis) is 1. The fraction of sp³-hybridized carbons (Fsp3) is 0.579. The molecule has 0 spiro atoms. The van der Waals surface area contributed by atoms with Crippen molar-refractivity contribution < 1.29 is 35.5 Å². The number of benzene rings is 1. The van der Waals surface area contributed by atoms with Crippen LogP contribution in [0.5, 0.6) is 5.75 Å². The molecule has 1 N–H and O–H groups in total. The molecule has 0 radical (unpaired) electrons. The van der Waals surface area contributed by atoms with Crippen molar-refractivity contribution in [3.8, 4) is 5.75 Å². The molecule has 1 aromatic carbocycles. The Hall–Kier alpha value is -2.36. The van der Waals surface area contributed by atoms with E-state index in [4.69, 9.17) is 9.47 Å². The summed E-state index contributed by atoms with van der Waals surface area (Å²) in [5.74, 6) is -0.604. The Labute approximate surface area is 171 Å². The van der Waals surface area contributed by atoms with Gasteiger partial charge in [-0.2, -0.15) is 8.42 Å². The summed E-state index contributed by atoms with van der Waals surface area (Å²) in [6.07, 6.45) is -0.0649. The zero-order valence-electron chi connectivity index (χ0n) is 17.4. The Kier molecular flexibility index (Phi) is 8.02. The number of amides is 1. The summed E-state index contributed by atoms with van der Waals surface area (Å²) < 4.78 is 48.0. The summed E-state index contributed by atoms with van der Waals surface area (Å²) in [6.45, 7) is 8.60. The topological polar surface area (TPSA) is 108 Å². The number of methoxy groups -OCH3 is 1. The maximum absolute atomic E-state index is 12.6. The Bertz CT molecular complexity index is 814. The molecule has 0 unspecified atom stereocenters. The quantitative estimate of drug-likeness (QED) is 0.495. The first-order valence-electron chi connectivity index (χ1n) is 8.92. The monoisotopic (exact) mass is 433 g/mol. The van der Waals surface area contributed by atoms with Crippen LogP contribution in [-0.2, 0) is 31.2 Å². The number of hydrogen-bond donors (Lipinski definition) is 1. The van der Waals surface area contributed by atoms with Crippen molar-refractivity contribution in [1.29, 1.82) is 0 Å². The van der Waals surface area contributed by atoms with Gasteiger partial charge in [0.05, 0.1) is 12.5 Å². The molecule has 0 fully saturated rings. The minimum absolute atomic E-state index is 0.178. The number of rotatable bonds is 8. The number of ether oxygens (including phenoxy) is 2. The third-order valence-electron chi connectivity index (χ3n) is 3.82. The van der Waals surface area contributed by atoms with Gasteiger partial charge in [0, 0.05) is 6.04 Å². The third kappa shape index (κ3) is 9.60. The third-order valence-corrected chi connectivity index (χ3v) is 4.21. The van der Waals surface area contributed by atoms with Gasteiger partial charge >= 0.3 is 22.6 Å². The van der Waals surface area contributed by atoms with Gasteiger partial charge in [-0.05, 0) is 65.2 Å². The van der Waals surface area contributed by atoms with Gasteiger partial charge in [-0.25, -0.2) is 4.79 Å². The first-order chi connectivity index (χ1) is 13.1. The van der Waals surface area contributed by atoms with Crippen LogP contribution >= 0.6 is 0 Å². The lowest BCUT2D eigenvalue weighted by Gasteiger charge is -2.29. The maximum atomic E-state index is 12.6. The molecule has 0 saturated heterocycles. The average Bonchev–Trinajstić information content (AvgIpc) is 2.52. The molecule has 1 rings (SSSR count). The van der Waals surface area contributed by atoms with Gasteiger partial charge in [-0.3, -0.25) is 4.79 Å². The van der Waals surface area contributed by atoms with Gasteiger partial charge in [0.1, 0.15) is 11.4 Å². The number of halogens is 1. The number of nitrogens with one attached hydrogen (secondary N) is 1. The summed E-state index contributed by atoms with van der Waals surface area (Å²) in [5, 5.41) is 2.75. The zero-order valence-corrected chi connectivity index (χ0v) is 18.3. The molecular formula is C19H28FNO7S. The molecule has 0 aliphatic rings. The smallest absolute Gasteiger partial charge is 0.469 e. The Balaban J connectivity index is 2.98. The molecule has 29 heavy (non-hydrogen) atoms. The van der Waals surface area contributed by atoms with Gasteiger partial charge < -0.3 is 19.0 Å². The molecule has 164 valence electrons. The van der Waals surface area contributed by atoms with Crippen LogP contribution in [0, 0.1) is 5.41 Å². The lowest BCUT2D eigenvalue weighted by atomic mass is 9.84. The van der Waals surface area contributed by atoms with E-state index >= 15 is 0 Å². The van der Waals surface area contributed by atoms with Gasteiger partial charge in [0.2, 0.25) is 0 Å². The highest BCUT2D eigenvalue weighted by molar-refractivity contribution is 7.81. The molecule has 10 heteroatoms. The molecule has 1 aromatic rings. The van der Waals surface area contributed by atoms with Crippen LogP contribution in [0.3, 0.4) is 0 Å². The van der Waals surface area contributed by atoms with Crippen molar-refractivity contribution in [1.82, 2.24) is 5.32 Å². The Morgan fingerprint density at radius 1 is 1.10 bits per heavy atom. The minimum atomic E-state index is -5.11. The second-order valence-electron chi connectivity index (χ2n) is 8.25. The van der Waals surface area contributed by atoms with E-state index in [-0.39, 0.29) is 12.2 Å². The van der Waals surface area contributed by atoms with Crippen molar-refractivity contribution in [3.05, 3.63) is 29.8 Å². The van der Waals surface area contributed by atoms with Crippen molar-refractivity contribution in [3.63, 3.8) is 0 Å². The maximum Gasteiger partial charge on any atom is 0.488 e. The number of carbonyl (C=O) groups is 2. The highest BCUT2D eigenvalue weighted by atomic mass is 32.3. The van der Waals surface area contributed by atoms with Crippen LogP contribution < -0.4 is 9.50 Å². The van der Waals surface area contributed by atoms with Crippen molar-refractivity contribution in [2.24, 2.45) is 5.41 Å². The minimum Gasteiger partial charge on any atom is -0.469 e. The zero-order chi connectivity index (χ0) is 22.5. The van der Waals surface area contributed by atoms with Crippen LogP contribution in [0.1, 0.15) is 46.6 Å². The number of esters is 1. The van der Waals surface area contributed by atoms with Crippen molar-refractivity contribution in [2.75, 3.05) is 7.11 Å². The normalized spacial score (nSPS) is 13.3. The number of carbonyl (C=O) groups excluding carboxylic acids is 2. The van der Waals surface area contributed by atoms with E-state index in [1.54, 1.807) is 34.6 Å². The number of hydrogen-bond acceptors (Lipinski definition) is 7. The van der Waals surface area contributed by atoms with Gasteiger partial charge in [-0.15, -0.1) is 0 Å². The highest BCUT2D eigenvalue weighted by Crippen LogP contribution is 2.26. The van der Waals surface area contributed by atoms with Crippen LogP contribution in [0.4, 0.5) is 8.68 Å². The van der Waals surface area contributed by atoms with E-state index in [1.165, 1.54) is 31.4 Å². The van der Waals surface area contributed by atoms with Crippen LogP contribution in [-0.4, -0.2) is 39.2 Å².